The van der Waals surface area contributed by atoms with Crippen LogP contribution in [0.25, 0.3) is 0 Å². The first kappa shape index (κ1) is 12.3. The van der Waals surface area contributed by atoms with Gasteiger partial charge in [-0.2, -0.15) is 0 Å². The maximum Gasteiger partial charge on any atom is 0.199 e. The van der Waals surface area contributed by atoms with Crippen molar-refractivity contribution in [3.8, 4) is 0 Å². The Kier molecular flexibility index (Phi) is 4.71. The molecule has 1 atom stereocenters. The van der Waals surface area contributed by atoms with E-state index in [0.29, 0.717) is 19.6 Å². The minimum Gasteiger partial charge on any atom is -0.329 e. The van der Waals surface area contributed by atoms with E-state index in [-0.39, 0.29) is 11.4 Å². The van der Waals surface area contributed by atoms with Gasteiger partial charge < -0.3 is 9.05 Å². The molecule has 5 heteroatoms. The van der Waals surface area contributed by atoms with Gasteiger partial charge in [-0.25, -0.2) is 0 Å². The molecule has 14 heavy (non-hydrogen) atoms. The molecule has 1 aliphatic carbocycles. The van der Waals surface area contributed by atoms with Gasteiger partial charge in [0, 0.05) is 6.42 Å². The summed E-state index contributed by atoms with van der Waals surface area (Å²) in [6, 6.07) is 0. The van der Waals surface area contributed by atoms with E-state index in [1.807, 2.05) is 13.8 Å². The van der Waals surface area contributed by atoms with Crippen LogP contribution in [0.4, 0.5) is 0 Å². The van der Waals surface area contributed by atoms with E-state index in [2.05, 4.69) is 0 Å². The van der Waals surface area contributed by atoms with Gasteiger partial charge in [-0.05, 0) is 38.5 Å². The molecule has 1 rings (SSSR count). The van der Waals surface area contributed by atoms with Gasteiger partial charge in [-0.1, -0.05) is 0 Å². The van der Waals surface area contributed by atoms with Gasteiger partial charge in [-0.3, -0.25) is 4.79 Å². The van der Waals surface area contributed by atoms with Crippen molar-refractivity contribution in [2.24, 2.45) is 0 Å². The van der Waals surface area contributed by atoms with E-state index in [0.717, 1.165) is 12.8 Å². The molecule has 0 bridgehead atoms. The van der Waals surface area contributed by atoms with Crippen molar-refractivity contribution < 1.29 is 13.8 Å². The van der Waals surface area contributed by atoms with Crippen LogP contribution in [0.2, 0.25) is 0 Å². The molecule has 0 amide bonds. The van der Waals surface area contributed by atoms with Crippen molar-refractivity contribution in [1.82, 2.24) is 0 Å². The third-order valence-electron chi connectivity index (χ3n) is 2.27. The van der Waals surface area contributed by atoms with E-state index in [4.69, 9.17) is 20.9 Å². The normalized spacial score (nSPS) is 23.0. The number of carbonyl (C=O) groups excluding carboxylic acids is 1. The van der Waals surface area contributed by atoms with Crippen LogP contribution in [0.5, 0.6) is 0 Å². The molecule has 1 aliphatic rings. The summed E-state index contributed by atoms with van der Waals surface area (Å²) in [5.41, 5.74) is -0.141. The molecule has 0 radical (unpaired) electrons. The SMILES string of the molecule is CCOP(=S)(OCC)C1CCCC1=O. The lowest BCUT2D eigenvalue weighted by molar-refractivity contribution is -0.117. The van der Waals surface area contributed by atoms with E-state index in [1.165, 1.54) is 0 Å². The average molecular weight is 236 g/mol. The van der Waals surface area contributed by atoms with Crippen molar-refractivity contribution in [3.05, 3.63) is 0 Å². The molecule has 1 fully saturated rings. The van der Waals surface area contributed by atoms with Gasteiger partial charge in [0.05, 0.1) is 18.9 Å². The van der Waals surface area contributed by atoms with Gasteiger partial charge in [-0.15, -0.1) is 0 Å². The summed E-state index contributed by atoms with van der Waals surface area (Å²) in [4.78, 5) is 11.6. The molecule has 1 unspecified atom stereocenters. The maximum absolute atomic E-state index is 11.6. The van der Waals surface area contributed by atoms with Crippen molar-refractivity contribution in [2.75, 3.05) is 13.2 Å². The highest BCUT2D eigenvalue weighted by molar-refractivity contribution is 8.10. The van der Waals surface area contributed by atoms with Crippen LogP contribution >= 0.6 is 6.49 Å². The Hall–Kier alpha value is 0.240. The molecular formula is C9H17O3PS. The Morgan fingerprint density at radius 2 is 2.00 bits per heavy atom. The van der Waals surface area contributed by atoms with E-state index in [9.17, 15) is 4.79 Å². The monoisotopic (exact) mass is 236 g/mol. The molecule has 0 aromatic carbocycles. The summed E-state index contributed by atoms with van der Waals surface area (Å²) in [5, 5.41) is 0. The Labute approximate surface area is 90.3 Å². The molecule has 0 aromatic heterocycles. The van der Waals surface area contributed by atoms with E-state index < -0.39 is 6.49 Å². The quantitative estimate of drug-likeness (QED) is 0.687. The predicted octanol–water partition coefficient (Wildman–Crippen LogP) is 2.49. The molecule has 3 nitrogen and oxygen atoms in total. The second kappa shape index (κ2) is 5.36. The van der Waals surface area contributed by atoms with Crippen LogP contribution in [0.3, 0.4) is 0 Å². The predicted molar refractivity (Wildman–Crippen MR) is 60.2 cm³/mol. The first-order valence-corrected chi connectivity index (χ1v) is 7.76. The van der Waals surface area contributed by atoms with Gasteiger partial charge in [0.1, 0.15) is 5.78 Å². The van der Waals surface area contributed by atoms with Crippen molar-refractivity contribution in [3.63, 3.8) is 0 Å². The first-order valence-electron chi connectivity index (χ1n) is 5.05. The Bertz CT molecular complexity index is 244. The largest absolute Gasteiger partial charge is 0.329 e. The molecule has 82 valence electrons. The first-order chi connectivity index (χ1) is 6.64. The summed E-state index contributed by atoms with van der Waals surface area (Å²) in [5.74, 6) is 0.232. The highest BCUT2D eigenvalue weighted by Crippen LogP contribution is 2.57. The van der Waals surface area contributed by atoms with Gasteiger partial charge in [0.25, 0.3) is 0 Å². The Morgan fingerprint density at radius 1 is 1.43 bits per heavy atom. The topological polar surface area (TPSA) is 35.5 Å². The molecule has 0 heterocycles. The fourth-order valence-electron chi connectivity index (χ4n) is 1.71. The van der Waals surface area contributed by atoms with Gasteiger partial charge in [0.2, 0.25) is 0 Å². The third kappa shape index (κ3) is 2.63. The summed E-state index contributed by atoms with van der Waals surface area (Å²) in [6.07, 6.45) is 2.42. The minimum atomic E-state index is -2.34. The number of hydrogen-bond donors (Lipinski definition) is 0. The van der Waals surface area contributed by atoms with E-state index >= 15 is 0 Å². The molecule has 0 aliphatic heterocycles. The number of Topliss-reactive ketones (excluding diaryl/α,β-unsaturated/α-hetero) is 1. The lowest BCUT2D eigenvalue weighted by atomic mass is 10.3. The van der Waals surface area contributed by atoms with Crippen LogP contribution in [0.1, 0.15) is 33.1 Å². The van der Waals surface area contributed by atoms with Crippen LogP contribution in [-0.4, -0.2) is 24.7 Å². The lowest BCUT2D eigenvalue weighted by Gasteiger charge is -2.25. The standard InChI is InChI=1S/C9H17O3PS/c1-3-11-13(14,12-4-2)9-7-5-6-8(9)10/h9H,3-7H2,1-2H3. The number of carbonyl (C=O) groups is 1. The number of rotatable bonds is 5. The zero-order valence-electron chi connectivity index (χ0n) is 8.69. The maximum atomic E-state index is 11.6. The fourth-order valence-corrected chi connectivity index (χ4v) is 5.15. The van der Waals surface area contributed by atoms with Crippen LogP contribution in [0.15, 0.2) is 0 Å². The molecule has 0 N–H and O–H groups in total. The third-order valence-corrected chi connectivity index (χ3v) is 6.21. The molecular weight excluding hydrogens is 219 g/mol. The summed E-state index contributed by atoms with van der Waals surface area (Å²) >= 11 is 5.38. The fraction of sp³-hybridized carbons (Fsp3) is 0.889. The summed E-state index contributed by atoms with van der Waals surface area (Å²) in [7, 11) is 0. The van der Waals surface area contributed by atoms with Crippen LogP contribution in [0, 0.1) is 0 Å². The number of hydrogen-bond acceptors (Lipinski definition) is 4. The number of ketones is 1. The highest BCUT2D eigenvalue weighted by atomic mass is 32.5. The zero-order valence-corrected chi connectivity index (χ0v) is 10.4. The minimum absolute atomic E-state index is 0.141. The molecule has 0 saturated heterocycles. The van der Waals surface area contributed by atoms with Crippen molar-refractivity contribution in [1.29, 1.82) is 0 Å². The molecule has 0 spiro atoms. The van der Waals surface area contributed by atoms with Crippen molar-refractivity contribution in [2.45, 2.75) is 38.8 Å². The zero-order chi connectivity index (χ0) is 10.6. The lowest BCUT2D eigenvalue weighted by Crippen LogP contribution is -2.17. The van der Waals surface area contributed by atoms with Gasteiger partial charge in [0.15, 0.2) is 6.49 Å². The Balaban J connectivity index is 2.75. The van der Waals surface area contributed by atoms with E-state index in [1.54, 1.807) is 0 Å². The average Bonchev–Trinajstić information content (AvgIpc) is 2.52. The second-order valence-corrected chi connectivity index (χ2v) is 7.00. The Morgan fingerprint density at radius 3 is 2.36 bits per heavy atom. The van der Waals surface area contributed by atoms with Gasteiger partial charge >= 0.3 is 0 Å². The van der Waals surface area contributed by atoms with Crippen LogP contribution < -0.4 is 0 Å². The smallest absolute Gasteiger partial charge is 0.199 e. The summed E-state index contributed by atoms with van der Waals surface area (Å²) in [6.45, 7) is 2.50. The van der Waals surface area contributed by atoms with Crippen LogP contribution in [-0.2, 0) is 25.6 Å². The molecule has 0 aromatic rings. The molecule has 1 saturated carbocycles. The second-order valence-electron chi connectivity index (χ2n) is 3.25. The highest BCUT2D eigenvalue weighted by Gasteiger charge is 2.38. The summed E-state index contributed by atoms with van der Waals surface area (Å²) < 4.78 is 11.0. The van der Waals surface area contributed by atoms with Crippen molar-refractivity contribution >= 4 is 24.1 Å².